The molecular formula is C9H16O4. The van der Waals surface area contributed by atoms with E-state index < -0.39 is 17.9 Å². The molecule has 0 aromatic heterocycles. The molecule has 0 rings (SSSR count). The van der Waals surface area contributed by atoms with Gasteiger partial charge in [0.05, 0.1) is 18.9 Å². The van der Waals surface area contributed by atoms with Gasteiger partial charge in [0.2, 0.25) is 0 Å². The Bertz CT molecular complexity index is 176. The van der Waals surface area contributed by atoms with Crippen LogP contribution < -0.4 is 0 Å². The van der Waals surface area contributed by atoms with E-state index in [4.69, 9.17) is 5.11 Å². The fourth-order valence-corrected chi connectivity index (χ4v) is 1.08. The number of carboxylic acids is 1. The van der Waals surface area contributed by atoms with Crippen molar-refractivity contribution in [2.75, 3.05) is 6.61 Å². The maximum atomic E-state index is 10.9. The highest BCUT2D eigenvalue weighted by Gasteiger charge is 2.20. The van der Waals surface area contributed by atoms with Gasteiger partial charge in [-0.15, -0.1) is 0 Å². The van der Waals surface area contributed by atoms with E-state index in [1.54, 1.807) is 6.92 Å². The summed E-state index contributed by atoms with van der Waals surface area (Å²) in [7, 11) is 0. The Kier molecular flexibility index (Phi) is 5.93. The van der Waals surface area contributed by atoms with E-state index in [0.717, 1.165) is 6.42 Å². The maximum Gasteiger partial charge on any atom is 0.307 e. The van der Waals surface area contributed by atoms with E-state index in [1.165, 1.54) is 0 Å². The summed E-state index contributed by atoms with van der Waals surface area (Å²) in [5, 5.41) is 8.71. The van der Waals surface area contributed by atoms with Crippen LogP contribution in [0.3, 0.4) is 0 Å². The Morgan fingerprint density at radius 1 is 1.38 bits per heavy atom. The highest BCUT2D eigenvalue weighted by molar-refractivity contribution is 5.78. The second-order valence-electron chi connectivity index (χ2n) is 2.83. The van der Waals surface area contributed by atoms with Crippen LogP contribution in [0, 0.1) is 5.92 Å². The molecule has 1 unspecified atom stereocenters. The van der Waals surface area contributed by atoms with E-state index in [1.807, 2.05) is 6.92 Å². The fourth-order valence-electron chi connectivity index (χ4n) is 1.08. The normalized spacial score (nSPS) is 12.2. The number of aliphatic carboxylic acids is 1. The standard InChI is InChI=1S/C9H16O4/c1-3-5-7(9(11)12)6-8(10)13-4-2/h7H,3-6H2,1-2H3,(H,11,12). The molecule has 0 bridgehead atoms. The van der Waals surface area contributed by atoms with Crippen molar-refractivity contribution in [2.24, 2.45) is 5.92 Å². The Hall–Kier alpha value is -1.06. The molecule has 0 saturated carbocycles. The average Bonchev–Trinajstić information content (AvgIpc) is 2.04. The Morgan fingerprint density at radius 3 is 2.38 bits per heavy atom. The SMILES string of the molecule is CCCC(CC(=O)OCC)C(=O)O. The maximum absolute atomic E-state index is 10.9. The number of carbonyl (C=O) groups is 2. The molecule has 0 heterocycles. The smallest absolute Gasteiger partial charge is 0.307 e. The molecule has 0 fully saturated rings. The number of rotatable bonds is 6. The topological polar surface area (TPSA) is 63.6 Å². The van der Waals surface area contributed by atoms with Crippen LogP contribution in [0.5, 0.6) is 0 Å². The molecule has 4 heteroatoms. The van der Waals surface area contributed by atoms with Gasteiger partial charge in [0.15, 0.2) is 0 Å². The molecule has 0 aromatic carbocycles. The lowest BCUT2D eigenvalue weighted by Gasteiger charge is -2.09. The van der Waals surface area contributed by atoms with Crippen molar-refractivity contribution in [3.63, 3.8) is 0 Å². The number of esters is 1. The summed E-state index contributed by atoms with van der Waals surface area (Å²) in [5.74, 6) is -1.94. The van der Waals surface area contributed by atoms with E-state index in [-0.39, 0.29) is 6.42 Å². The summed E-state index contributed by atoms with van der Waals surface area (Å²) in [6.45, 7) is 3.89. The number of hydrogen-bond donors (Lipinski definition) is 1. The average molecular weight is 188 g/mol. The van der Waals surface area contributed by atoms with Gasteiger partial charge in [0.1, 0.15) is 0 Å². The minimum atomic E-state index is -0.921. The van der Waals surface area contributed by atoms with Crippen molar-refractivity contribution in [2.45, 2.75) is 33.1 Å². The van der Waals surface area contributed by atoms with Crippen molar-refractivity contribution in [1.82, 2.24) is 0 Å². The van der Waals surface area contributed by atoms with Gasteiger partial charge in [-0.05, 0) is 13.3 Å². The second kappa shape index (κ2) is 6.46. The third-order valence-corrected chi connectivity index (χ3v) is 1.70. The summed E-state index contributed by atoms with van der Waals surface area (Å²) in [5.41, 5.74) is 0. The zero-order valence-corrected chi connectivity index (χ0v) is 8.08. The van der Waals surface area contributed by atoms with Crippen LogP contribution in [0.15, 0.2) is 0 Å². The van der Waals surface area contributed by atoms with E-state index in [0.29, 0.717) is 13.0 Å². The van der Waals surface area contributed by atoms with Gasteiger partial charge in [-0.1, -0.05) is 13.3 Å². The van der Waals surface area contributed by atoms with Crippen LogP contribution in [0.25, 0.3) is 0 Å². The molecule has 1 N–H and O–H groups in total. The number of carboxylic acid groups (broad SMARTS) is 1. The highest BCUT2D eigenvalue weighted by atomic mass is 16.5. The second-order valence-corrected chi connectivity index (χ2v) is 2.83. The van der Waals surface area contributed by atoms with E-state index in [2.05, 4.69) is 4.74 Å². The minimum absolute atomic E-state index is 0.0169. The molecule has 76 valence electrons. The first-order valence-corrected chi connectivity index (χ1v) is 4.50. The van der Waals surface area contributed by atoms with Gasteiger partial charge in [-0.2, -0.15) is 0 Å². The van der Waals surface area contributed by atoms with Crippen LogP contribution >= 0.6 is 0 Å². The Morgan fingerprint density at radius 2 is 2.00 bits per heavy atom. The molecule has 0 saturated heterocycles. The Balaban J connectivity index is 3.94. The molecule has 0 aromatic rings. The van der Waals surface area contributed by atoms with Crippen molar-refractivity contribution in [3.8, 4) is 0 Å². The lowest BCUT2D eigenvalue weighted by molar-refractivity contribution is -0.151. The molecule has 13 heavy (non-hydrogen) atoms. The van der Waals surface area contributed by atoms with Crippen molar-refractivity contribution in [3.05, 3.63) is 0 Å². The van der Waals surface area contributed by atoms with Crippen LogP contribution in [0.4, 0.5) is 0 Å². The first-order chi connectivity index (χ1) is 6.11. The van der Waals surface area contributed by atoms with Gasteiger partial charge < -0.3 is 9.84 Å². The van der Waals surface area contributed by atoms with Gasteiger partial charge in [-0.25, -0.2) is 0 Å². The summed E-state index contributed by atoms with van der Waals surface area (Å²) < 4.78 is 4.67. The molecular weight excluding hydrogens is 172 g/mol. The van der Waals surface area contributed by atoms with Crippen LogP contribution in [-0.4, -0.2) is 23.7 Å². The summed E-state index contributed by atoms with van der Waals surface area (Å²) >= 11 is 0. The van der Waals surface area contributed by atoms with Gasteiger partial charge in [-0.3, -0.25) is 9.59 Å². The van der Waals surface area contributed by atoms with Crippen molar-refractivity contribution in [1.29, 1.82) is 0 Å². The zero-order valence-electron chi connectivity index (χ0n) is 8.08. The zero-order chi connectivity index (χ0) is 10.3. The molecule has 0 spiro atoms. The number of ether oxygens (including phenoxy) is 1. The Labute approximate surface area is 77.9 Å². The van der Waals surface area contributed by atoms with Crippen molar-refractivity contribution >= 4 is 11.9 Å². The highest BCUT2D eigenvalue weighted by Crippen LogP contribution is 2.12. The van der Waals surface area contributed by atoms with Gasteiger partial charge >= 0.3 is 11.9 Å². The van der Waals surface area contributed by atoms with Crippen LogP contribution in [-0.2, 0) is 14.3 Å². The third kappa shape index (κ3) is 5.22. The predicted octanol–water partition coefficient (Wildman–Crippen LogP) is 1.44. The fraction of sp³-hybridized carbons (Fsp3) is 0.778. The predicted molar refractivity (Wildman–Crippen MR) is 47.3 cm³/mol. The number of hydrogen-bond acceptors (Lipinski definition) is 3. The van der Waals surface area contributed by atoms with E-state index >= 15 is 0 Å². The van der Waals surface area contributed by atoms with Crippen LogP contribution in [0.1, 0.15) is 33.1 Å². The lowest BCUT2D eigenvalue weighted by atomic mass is 10.0. The van der Waals surface area contributed by atoms with Crippen LogP contribution in [0.2, 0.25) is 0 Å². The summed E-state index contributed by atoms with van der Waals surface area (Å²) in [6.07, 6.45) is 1.27. The quantitative estimate of drug-likeness (QED) is 0.640. The first kappa shape index (κ1) is 11.9. The van der Waals surface area contributed by atoms with Gasteiger partial charge in [0, 0.05) is 0 Å². The molecule has 4 nitrogen and oxygen atoms in total. The largest absolute Gasteiger partial charge is 0.481 e. The first-order valence-electron chi connectivity index (χ1n) is 4.50. The van der Waals surface area contributed by atoms with Gasteiger partial charge in [0.25, 0.3) is 0 Å². The molecule has 0 radical (unpaired) electrons. The van der Waals surface area contributed by atoms with Crippen molar-refractivity contribution < 1.29 is 19.4 Å². The summed E-state index contributed by atoms with van der Waals surface area (Å²) in [4.78, 5) is 21.6. The summed E-state index contributed by atoms with van der Waals surface area (Å²) in [6, 6.07) is 0. The molecule has 0 aliphatic rings. The molecule has 0 aliphatic heterocycles. The monoisotopic (exact) mass is 188 g/mol. The third-order valence-electron chi connectivity index (χ3n) is 1.70. The lowest BCUT2D eigenvalue weighted by Crippen LogP contribution is -2.19. The molecule has 0 amide bonds. The van der Waals surface area contributed by atoms with E-state index in [9.17, 15) is 9.59 Å². The number of carbonyl (C=O) groups excluding carboxylic acids is 1. The molecule has 0 aliphatic carbocycles. The molecule has 1 atom stereocenters. The minimum Gasteiger partial charge on any atom is -0.481 e.